The van der Waals surface area contributed by atoms with Crippen LogP contribution in [0.3, 0.4) is 0 Å². The van der Waals surface area contributed by atoms with E-state index >= 15 is 0 Å². The van der Waals surface area contributed by atoms with Gasteiger partial charge in [0.15, 0.2) is 0 Å². The molecule has 0 saturated heterocycles. The summed E-state index contributed by atoms with van der Waals surface area (Å²) < 4.78 is 11.3. The Morgan fingerprint density at radius 2 is 0.768 bits per heavy atom. The smallest absolute Gasteiger partial charge is 0.118 e. The second-order valence-corrected chi connectivity index (χ2v) is 15.1. The molecule has 7 rings (SSSR count). The predicted octanol–water partition coefficient (Wildman–Crippen LogP) is 13.2. The van der Waals surface area contributed by atoms with Crippen molar-refractivity contribution in [1.29, 1.82) is 0 Å². The van der Waals surface area contributed by atoms with Crippen molar-refractivity contribution in [3.05, 3.63) is 105 Å². The standard InChI is InChI=1S/C50H58N4O2/c1-13-35-27(7)43-39(17-5)44-29(9)37(15-3)49(53-44)42(32-21-25-34(56-12)26-22-32)50-38(16-4)30(10)46(54-50)40(18-6)45-28(8)36(14-2)48(52-45)41(47(35)51-43)31-19-23-33(55-11)24-20-31/h19-26,51,54H,13-18H2,1-12H3. The number of nitrogens with one attached hydrogen (secondary N) is 2. The van der Waals surface area contributed by atoms with E-state index in [1.165, 1.54) is 55.7 Å². The van der Waals surface area contributed by atoms with E-state index in [-0.39, 0.29) is 0 Å². The Kier molecular flexibility index (Phi) is 10.9. The Balaban J connectivity index is 1.83. The molecular formula is C50H58N4O2. The molecule has 6 nitrogen and oxygen atoms in total. The van der Waals surface area contributed by atoms with Crippen molar-refractivity contribution in [3.8, 4) is 33.8 Å². The monoisotopic (exact) mass is 746 g/mol. The highest BCUT2D eigenvalue weighted by Crippen LogP contribution is 2.46. The first-order chi connectivity index (χ1) is 27.1. The van der Waals surface area contributed by atoms with Crippen molar-refractivity contribution in [2.75, 3.05) is 14.2 Å². The first kappa shape index (κ1) is 38.9. The van der Waals surface area contributed by atoms with Gasteiger partial charge in [-0.1, -0.05) is 65.8 Å². The van der Waals surface area contributed by atoms with Crippen LogP contribution >= 0.6 is 0 Å². The predicted molar refractivity (Wildman–Crippen MR) is 238 cm³/mol. The number of hydrogen-bond acceptors (Lipinski definition) is 4. The average molecular weight is 747 g/mol. The maximum Gasteiger partial charge on any atom is 0.118 e. The molecule has 2 N–H and O–H groups in total. The lowest BCUT2D eigenvalue weighted by atomic mass is 9.93. The minimum absolute atomic E-state index is 0.832. The molecule has 6 heteroatoms. The fourth-order valence-electron chi connectivity index (χ4n) is 9.45. The summed E-state index contributed by atoms with van der Waals surface area (Å²) in [4.78, 5) is 19.6. The number of benzene rings is 2. The third-order valence-electron chi connectivity index (χ3n) is 12.4. The third kappa shape index (κ3) is 6.09. The highest BCUT2D eigenvalue weighted by atomic mass is 16.5. The van der Waals surface area contributed by atoms with Gasteiger partial charge in [-0.3, -0.25) is 0 Å². The van der Waals surface area contributed by atoms with Gasteiger partial charge in [0.25, 0.3) is 0 Å². The van der Waals surface area contributed by atoms with Gasteiger partial charge in [0.05, 0.1) is 48.0 Å². The molecule has 3 aromatic heterocycles. The molecule has 0 saturated carbocycles. The number of aromatic nitrogens is 4. The molecule has 2 aromatic carbocycles. The molecule has 2 aliphatic rings. The van der Waals surface area contributed by atoms with Crippen molar-refractivity contribution in [1.82, 2.24) is 19.9 Å². The molecule has 0 spiro atoms. The van der Waals surface area contributed by atoms with E-state index in [9.17, 15) is 0 Å². The van der Waals surface area contributed by atoms with Crippen molar-refractivity contribution < 1.29 is 9.47 Å². The minimum Gasteiger partial charge on any atom is -0.497 e. The van der Waals surface area contributed by atoms with Gasteiger partial charge < -0.3 is 19.4 Å². The van der Waals surface area contributed by atoms with E-state index in [0.29, 0.717) is 0 Å². The molecule has 0 atom stereocenters. The Bertz CT molecular complexity index is 2400. The number of allylic oxidation sites excluding steroid dienone is 4. The minimum atomic E-state index is 0.832. The number of nitrogens with zero attached hydrogens (tertiary/aromatic N) is 2. The largest absolute Gasteiger partial charge is 0.497 e. The van der Waals surface area contributed by atoms with Crippen LogP contribution in [0.5, 0.6) is 11.5 Å². The molecule has 2 aliphatic heterocycles. The topological polar surface area (TPSA) is 75.8 Å². The Morgan fingerprint density at radius 1 is 0.429 bits per heavy atom. The van der Waals surface area contributed by atoms with Crippen LogP contribution in [0.4, 0.5) is 0 Å². The zero-order chi connectivity index (χ0) is 40.0. The van der Waals surface area contributed by atoms with Crippen molar-refractivity contribution >= 4 is 44.4 Å². The molecule has 5 aromatic rings. The van der Waals surface area contributed by atoms with Crippen LogP contribution in [0, 0.1) is 13.8 Å². The van der Waals surface area contributed by atoms with Gasteiger partial charge in [-0.2, -0.15) is 0 Å². The quantitative estimate of drug-likeness (QED) is 0.149. The number of methoxy groups -OCH3 is 2. The van der Waals surface area contributed by atoms with Gasteiger partial charge >= 0.3 is 0 Å². The van der Waals surface area contributed by atoms with E-state index < -0.39 is 0 Å². The van der Waals surface area contributed by atoms with Crippen molar-refractivity contribution in [2.45, 2.75) is 108 Å². The Hall–Kier alpha value is -5.36. The van der Waals surface area contributed by atoms with E-state index in [4.69, 9.17) is 19.4 Å². The molecule has 290 valence electrons. The summed E-state index contributed by atoms with van der Waals surface area (Å²) in [6, 6.07) is 17.0. The number of ether oxygens (including phenoxy) is 2. The van der Waals surface area contributed by atoms with Gasteiger partial charge in [-0.15, -0.1) is 0 Å². The second kappa shape index (κ2) is 15.6. The number of rotatable bonds is 10. The summed E-state index contributed by atoms with van der Waals surface area (Å²) in [5, 5.41) is 0. The highest BCUT2D eigenvalue weighted by molar-refractivity contribution is 6.04. The van der Waals surface area contributed by atoms with Gasteiger partial charge in [0.2, 0.25) is 0 Å². The Morgan fingerprint density at radius 3 is 1.05 bits per heavy atom. The lowest BCUT2D eigenvalue weighted by Gasteiger charge is -2.11. The molecule has 0 aliphatic carbocycles. The highest BCUT2D eigenvalue weighted by Gasteiger charge is 2.28. The third-order valence-corrected chi connectivity index (χ3v) is 12.4. The van der Waals surface area contributed by atoms with Crippen LogP contribution < -0.4 is 9.47 Å². The van der Waals surface area contributed by atoms with Crippen LogP contribution in [-0.4, -0.2) is 34.2 Å². The first-order valence-corrected chi connectivity index (χ1v) is 20.6. The summed E-state index contributed by atoms with van der Waals surface area (Å²) >= 11 is 0. The van der Waals surface area contributed by atoms with E-state index in [2.05, 4.69) is 128 Å². The first-order valence-electron chi connectivity index (χ1n) is 20.6. The molecule has 0 unspecified atom stereocenters. The van der Waals surface area contributed by atoms with Crippen LogP contribution in [0.25, 0.3) is 66.6 Å². The lowest BCUT2D eigenvalue weighted by Crippen LogP contribution is -1.94. The van der Waals surface area contributed by atoms with Gasteiger partial charge in [-0.05, 0) is 146 Å². The molecule has 8 bridgehead atoms. The molecule has 0 fully saturated rings. The molecule has 5 heterocycles. The van der Waals surface area contributed by atoms with Crippen molar-refractivity contribution in [2.24, 2.45) is 0 Å². The van der Waals surface area contributed by atoms with Crippen molar-refractivity contribution in [3.63, 3.8) is 0 Å². The normalized spacial score (nSPS) is 12.9. The number of H-pyrrole nitrogens is 2. The van der Waals surface area contributed by atoms with E-state index in [0.717, 1.165) is 117 Å². The van der Waals surface area contributed by atoms with Crippen LogP contribution in [0.2, 0.25) is 0 Å². The molecule has 0 amide bonds. The SMILES string of the molecule is CCC1=C(C)c2nc1c(-c1ccc(OC)cc1)c1[nH]c(c(C)c1CC)c(CC)c1nc(c(-c3ccc(OC)cc3)c3[nH]c(c(C)c3CC)c2CC)C(CC)=C1C. The summed E-state index contributed by atoms with van der Waals surface area (Å²) in [6.07, 6.45) is 5.17. The number of fused-ring (bicyclic) bond motifs is 8. The summed E-state index contributed by atoms with van der Waals surface area (Å²) in [5.74, 6) is 1.67. The summed E-state index contributed by atoms with van der Waals surface area (Å²) in [7, 11) is 3.45. The fourth-order valence-corrected chi connectivity index (χ4v) is 9.45. The van der Waals surface area contributed by atoms with Gasteiger partial charge in [0, 0.05) is 33.3 Å². The maximum atomic E-state index is 5.73. The molecule has 56 heavy (non-hydrogen) atoms. The summed E-state index contributed by atoms with van der Waals surface area (Å²) in [6.45, 7) is 22.7. The molecular weight excluding hydrogens is 689 g/mol. The maximum absolute atomic E-state index is 5.73. The number of aryl methyl sites for hydroxylation is 6. The fraction of sp³-hybridized carbons (Fsp3) is 0.360. The summed E-state index contributed by atoms with van der Waals surface area (Å²) in [5.41, 5.74) is 26.1. The Labute approximate surface area is 333 Å². The lowest BCUT2D eigenvalue weighted by molar-refractivity contribution is 0.415. The van der Waals surface area contributed by atoms with E-state index in [1.54, 1.807) is 14.2 Å². The molecule has 0 radical (unpaired) electrons. The van der Waals surface area contributed by atoms with Crippen LogP contribution in [0.15, 0.2) is 48.5 Å². The number of hydrogen-bond donors (Lipinski definition) is 2. The zero-order valence-electron chi connectivity index (χ0n) is 35.6. The average Bonchev–Trinajstić information content (AvgIpc) is 3.93. The zero-order valence-corrected chi connectivity index (χ0v) is 35.6. The van der Waals surface area contributed by atoms with Crippen LogP contribution in [0.1, 0.15) is 124 Å². The van der Waals surface area contributed by atoms with Crippen LogP contribution in [-0.2, 0) is 25.7 Å². The number of aromatic amines is 2. The van der Waals surface area contributed by atoms with Gasteiger partial charge in [0.1, 0.15) is 11.5 Å². The van der Waals surface area contributed by atoms with Gasteiger partial charge in [-0.25, -0.2) is 9.97 Å². The van der Waals surface area contributed by atoms with E-state index in [1.807, 2.05) is 0 Å². The second-order valence-electron chi connectivity index (χ2n) is 15.1.